The normalized spacial score (nSPS) is 10.3. The van der Waals surface area contributed by atoms with Crippen molar-refractivity contribution in [2.75, 3.05) is 7.11 Å². The Morgan fingerprint density at radius 2 is 1.88 bits per heavy atom. The lowest BCUT2D eigenvalue weighted by Gasteiger charge is -2.10. The molecule has 2 aromatic rings. The first-order valence-corrected chi connectivity index (χ1v) is 5.60. The van der Waals surface area contributed by atoms with E-state index >= 15 is 0 Å². The second kappa shape index (κ2) is 5.02. The van der Waals surface area contributed by atoms with Crippen LogP contribution >= 0.6 is 0 Å². The summed E-state index contributed by atoms with van der Waals surface area (Å²) in [4.78, 5) is 0. The van der Waals surface area contributed by atoms with Crippen molar-refractivity contribution < 1.29 is 9.84 Å². The fraction of sp³-hybridized carbons (Fsp3) is 0.200. The molecule has 2 aromatic carbocycles. The van der Waals surface area contributed by atoms with E-state index in [1.54, 1.807) is 7.11 Å². The van der Waals surface area contributed by atoms with E-state index < -0.39 is 0 Å². The molecule has 0 saturated heterocycles. The molecule has 0 spiro atoms. The van der Waals surface area contributed by atoms with Gasteiger partial charge in [-0.1, -0.05) is 30.3 Å². The molecule has 0 aliphatic carbocycles. The van der Waals surface area contributed by atoms with Gasteiger partial charge in [-0.05, 0) is 41.3 Å². The number of rotatable bonds is 3. The first-order chi connectivity index (χ1) is 8.26. The Kier molecular flexibility index (Phi) is 3.45. The fourth-order valence-corrected chi connectivity index (χ4v) is 1.99. The molecule has 0 radical (unpaired) electrons. The summed E-state index contributed by atoms with van der Waals surface area (Å²) in [6.07, 6.45) is 0. The zero-order valence-corrected chi connectivity index (χ0v) is 10.1. The zero-order valence-electron chi connectivity index (χ0n) is 10.1. The van der Waals surface area contributed by atoms with Gasteiger partial charge in [0.15, 0.2) is 0 Å². The van der Waals surface area contributed by atoms with Crippen molar-refractivity contribution in [1.29, 1.82) is 0 Å². The lowest BCUT2D eigenvalue weighted by Crippen LogP contribution is -1.91. The van der Waals surface area contributed by atoms with Gasteiger partial charge in [-0.3, -0.25) is 0 Å². The number of methoxy groups -OCH3 is 1. The maximum absolute atomic E-state index is 9.33. The Hall–Kier alpha value is -1.80. The topological polar surface area (TPSA) is 29.5 Å². The highest BCUT2D eigenvalue weighted by Gasteiger charge is 2.05. The summed E-state index contributed by atoms with van der Waals surface area (Å²) in [5.74, 6) is 0.884. The molecule has 0 atom stereocenters. The summed E-state index contributed by atoms with van der Waals surface area (Å²) in [6, 6.07) is 13.9. The second-order valence-corrected chi connectivity index (χ2v) is 4.00. The number of hydrogen-bond donors (Lipinski definition) is 1. The van der Waals surface area contributed by atoms with E-state index in [0.717, 1.165) is 28.0 Å². The lowest BCUT2D eigenvalue weighted by molar-refractivity contribution is 0.282. The highest BCUT2D eigenvalue weighted by atomic mass is 16.5. The molecular weight excluding hydrogens is 212 g/mol. The van der Waals surface area contributed by atoms with Crippen LogP contribution in [0, 0.1) is 6.92 Å². The van der Waals surface area contributed by atoms with E-state index in [9.17, 15) is 5.11 Å². The summed E-state index contributed by atoms with van der Waals surface area (Å²) in [6.45, 7) is 2.07. The van der Waals surface area contributed by atoms with Crippen LogP contribution < -0.4 is 4.74 Å². The van der Waals surface area contributed by atoms with Crippen molar-refractivity contribution in [2.24, 2.45) is 0 Å². The monoisotopic (exact) mass is 228 g/mol. The maximum atomic E-state index is 9.33. The van der Waals surface area contributed by atoms with E-state index in [4.69, 9.17) is 4.74 Å². The van der Waals surface area contributed by atoms with Crippen molar-refractivity contribution in [3.05, 3.63) is 53.6 Å². The first-order valence-electron chi connectivity index (χ1n) is 5.60. The molecule has 0 saturated carbocycles. The average Bonchev–Trinajstić information content (AvgIpc) is 2.38. The number of aliphatic hydroxyl groups excluding tert-OH is 1. The second-order valence-electron chi connectivity index (χ2n) is 4.00. The third kappa shape index (κ3) is 2.32. The average molecular weight is 228 g/mol. The Bertz CT molecular complexity index is 518. The number of benzene rings is 2. The quantitative estimate of drug-likeness (QED) is 0.874. The number of hydrogen-bond acceptors (Lipinski definition) is 2. The van der Waals surface area contributed by atoms with E-state index in [1.165, 1.54) is 0 Å². The Labute approximate surface area is 101 Å². The smallest absolute Gasteiger partial charge is 0.121 e. The summed E-state index contributed by atoms with van der Waals surface area (Å²) in [7, 11) is 1.67. The van der Waals surface area contributed by atoms with Gasteiger partial charge in [0, 0.05) is 0 Å². The molecule has 0 aromatic heterocycles. The number of aliphatic hydroxyl groups is 1. The van der Waals surface area contributed by atoms with Crippen LogP contribution in [0.5, 0.6) is 5.75 Å². The minimum Gasteiger partial charge on any atom is -0.496 e. The van der Waals surface area contributed by atoms with Crippen LogP contribution in [0.4, 0.5) is 0 Å². The third-order valence-electron chi connectivity index (χ3n) is 2.89. The van der Waals surface area contributed by atoms with Gasteiger partial charge in [-0.25, -0.2) is 0 Å². The van der Waals surface area contributed by atoms with Crippen LogP contribution in [0.2, 0.25) is 0 Å². The Balaban J connectivity index is 2.49. The molecule has 2 nitrogen and oxygen atoms in total. The van der Waals surface area contributed by atoms with Crippen LogP contribution in [0.15, 0.2) is 42.5 Å². The number of aryl methyl sites for hydroxylation is 1. The predicted octanol–water partition coefficient (Wildman–Crippen LogP) is 3.16. The maximum Gasteiger partial charge on any atom is 0.121 e. The van der Waals surface area contributed by atoms with Crippen LogP contribution in [0.1, 0.15) is 11.1 Å². The molecule has 0 bridgehead atoms. The largest absolute Gasteiger partial charge is 0.496 e. The molecule has 0 amide bonds. The minimum atomic E-state index is 0.0568. The Morgan fingerprint density at radius 1 is 1.12 bits per heavy atom. The SMILES string of the molecule is COc1ccc(-c2ccccc2CO)cc1C. The van der Waals surface area contributed by atoms with Gasteiger partial charge < -0.3 is 9.84 Å². The van der Waals surface area contributed by atoms with E-state index in [1.807, 2.05) is 43.3 Å². The number of ether oxygens (including phenoxy) is 1. The zero-order chi connectivity index (χ0) is 12.3. The van der Waals surface area contributed by atoms with Crippen LogP contribution in [0.3, 0.4) is 0 Å². The third-order valence-corrected chi connectivity index (χ3v) is 2.89. The summed E-state index contributed by atoms with van der Waals surface area (Å²) in [5.41, 5.74) is 4.21. The molecule has 0 heterocycles. The predicted molar refractivity (Wildman–Crippen MR) is 69.1 cm³/mol. The van der Waals surface area contributed by atoms with Crippen molar-refractivity contribution in [3.63, 3.8) is 0 Å². The van der Waals surface area contributed by atoms with E-state index in [-0.39, 0.29) is 6.61 Å². The fourth-order valence-electron chi connectivity index (χ4n) is 1.99. The summed E-state index contributed by atoms with van der Waals surface area (Å²) < 4.78 is 5.24. The molecule has 0 fully saturated rings. The molecule has 0 aliphatic rings. The molecule has 0 unspecified atom stereocenters. The highest BCUT2D eigenvalue weighted by molar-refractivity contribution is 5.69. The molecule has 17 heavy (non-hydrogen) atoms. The van der Waals surface area contributed by atoms with Gasteiger partial charge in [-0.2, -0.15) is 0 Å². The summed E-state index contributed by atoms with van der Waals surface area (Å²) in [5, 5.41) is 9.33. The van der Waals surface area contributed by atoms with E-state index in [2.05, 4.69) is 6.07 Å². The van der Waals surface area contributed by atoms with Gasteiger partial charge in [0.25, 0.3) is 0 Å². The van der Waals surface area contributed by atoms with Gasteiger partial charge in [0.1, 0.15) is 5.75 Å². The molecule has 0 aliphatic heterocycles. The van der Waals surface area contributed by atoms with Crippen LogP contribution in [-0.4, -0.2) is 12.2 Å². The molecular formula is C15H16O2. The first kappa shape index (κ1) is 11.7. The van der Waals surface area contributed by atoms with Crippen molar-refractivity contribution >= 4 is 0 Å². The minimum absolute atomic E-state index is 0.0568. The molecule has 2 heteroatoms. The van der Waals surface area contributed by atoms with Crippen molar-refractivity contribution in [2.45, 2.75) is 13.5 Å². The molecule has 2 rings (SSSR count). The van der Waals surface area contributed by atoms with Crippen LogP contribution in [-0.2, 0) is 6.61 Å². The Morgan fingerprint density at radius 3 is 2.53 bits per heavy atom. The van der Waals surface area contributed by atoms with Gasteiger partial charge >= 0.3 is 0 Å². The molecule has 1 N–H and O–H groups in total. The van der Waals surface area contributed by atoms with Gasteiger partial charge in [-0.15, -0.1) is 0 Å². The van der Waals surface area contributed by atoms with Crippen LogP contribution in [0.25, 0.3) is 11.1 Å². The van der Waals surface area contributed by atoms with E-state index in [0.29, 0.717) is 0 Å². The highest BCUT2D eigenvalue weighted by Crippen LogP contribution is 2.28. The van der Waals surface area contributed by atoms with Crippen molar-refractivity contribution in [1.82, 2.24) is 0 Å². The van der Waals surface area contributed by atoms with Crippen molar-refractivity contribution in [3.8, 4) is 16.9 Å². The molecule has 88 valence electrons. The standard InChI is InChI=1S/C15H16O2/c1-11-9-12(7-8-15(11)17-2)14-6-4-3-5-13(14)10-16/h3-9,16H,10H2,1-2H3. The van der Waals surface area contributed by atoms with Gasteiger partial charge in [0.05, 0.1) is 13.7 Å². The summed E-state index contributed by atoms with van der Waals surface area (Å²) >= 11 is 0. The lowest BCUT2D eigenvalue weighted by atomic mass is 9.98. The van der Waals surface area contributed by atoms with Gasteiger partial charge in [0.2, 0.25) is 0 Å².